The van der Waals surface area contributed by atoms with E-state index in [9.17, 15) is 4.79 Å². The fourth-order valence-corrected chi connectivity index (χ4v) is 6.41. The van der Waals surface area contributed by atoms with Gasteiger partial charge >= 0.3 is 5.97 Å². The lowest BCUT2D eigenvalue weighted by molar-refractivity contribution is 0.0593. The second-order valence-electron chi connectivity index (χ2n) is 10.2. The summed E-state index contributed by atoms with van der Waals surface area (Å²) >= 11 is 0. The molecule has 37 heavy (non-hydrogen) atoms. The zero-order valence-electron chi connectivity index (χ0n) is 21.1. The highest BCUT2D eigenvalue weighted by Gasteiger charge is 2.52. The van der Waals surface area contributed by atoms with E-state index < -0.39 is 5.97 Å². The average Bonchev–Trinajstić information content (AvgIpc) is 3.68. The average molecular weight is 495 g/mol. The molecule has 2 aromatic carbocycles. The molecule has 2 aromatic heterocycles. The van der Waals surface area contributed by atoms with E-state index in [1.165, 1.54) is 37.5 Å². The van der Waals surface area contributed by atoms with E-state index in [1.54, 1.807) is 13.1 Å². The molecule has 3 atom stereocenters. The highest BCUT2D eigenvalue weighted by molar-refractivity contribution is 5.88. The molecule has 188 valence electrons. The van der Waals surface area contributed by atoms with E-state index >= 15 is 0 Å². The number of aromatic nitrogens is 2. The van der Waals surface area contributed by atoms with Crippen LogP contribution in [-0.4, -0.2) is 23.0 Å². The van der Waals surface area contributed by atoms with Crippen LogP contribution in [0.4, 0.5) is 0 Å². The minimum atomic E-state index is -0.488. The first-order valence-electron chi connectivity index (χ1n) is 12.9. The summed E-state index contributed by atoms with van der Waals surface area (Å²) in [6, 6.07) is 23.0. The van der Waals surface area contributed by atoms with E-state index in [-0.39, 0.29) is 11.1 Å². The predicted molar refractivity (Wildman–Crippen MR) is 139 cm³/mol. The summed E-state index contributed by atoms with van der Waals surface area (Å²) < 4.78 is 16.6. The third kappa shape index (κ3) is 4.20. The van der Waals surface area contributed by atoms with Gasteiger partial charge < -0.3 is 13.9 Å². The summed E-state index contributed by atoms with van der Waals surface area (Å²) in [5.41, 5.74) is 4.64. The Morgan fingerprint density at radius 2 is 1.78 bits per heavy atom. The van der Waals surface area contributed by atoms with E-state index in [0.29, 0.717) is 24.2 Å². The minimum Gasteiger partial charge on any atom is -0.487 e. The van der Waals surface area contributed by atoms with Gasteiger partial charge in [-0.05, 0) is 85.5 Å². The number of carbonyl (C=O) groups is 1. The number of hydrogen-bond acceptors (Lipinski definition) is 6. The second-order valence-corrected chi connectivity index (χ2v) is 10.2. The van der Waals surface area contributed by atoms with Crippen LogP contribution in [0.25, 0.3) is 11.5 Å². The first kappa shape index (κ1) is 23.5. The lowest BCUT2D eigenvalue weighted by Crippen LogP contribution is -2.34. The van der Waals surface area contributed by atoms with Crippen LogP contribution in [-0.2, 0) is 16.8 Å². The molecule has 6 nitrogen and oxygen atoms in total. The molecule has 0 radical (unpaired) electrons. The summed E-state index contributed by atoms with van der Waals surface area (Å²) in [7, 11) is 1.35. The first-order chi connectivity index (χ1) is 18.1. The molecule has 2 fully saturated rings. The second kappa shape index (κ2) is 9.51. The van der Waals surface area contributed by atoms with Crippen molar-refractivity contribution in [3.8, 4) is 17.2 Å². The van der Waals surface area contributed by atoms with Crippen molar-refractivity contribution in [1.82, 2.24) is 9.97 Å². The maximum atomic E-state index is 12.0. The number of nitrogens with zero attached hydrogens (tertiary/aromatic N) is 2. The fraction of sp³-hybridized carbons (Fsp3) is 0.323. The Morgan fingerprint density at radius 3 is 2.41 bits per heavy atom. The highest BCUT2D eigenvalue weighted by Crippen LogP contribution is 2.60. The van der Waals surface area contributed by atoms with Crippen molar-refractivity contribution >= 4 is 5.97 Å². The Morgan fingerprint density at radius 1 is 1.03 bits per heavy atom. The molecule has 4 aromatic rings. The van der Waals surface area contributed by atoms with E-state index in [1.807, 2.05) is 18.2 Å². The zero-order chi connectivity index (χ0) is 25.4. The number of ether oxygens (including phenoxy) is 2. The number of hydrogen-bond donors (Lipinski definition) is 0. The summed E-state index contributed by atoms with van der Waals surface area (Å²) in [6.07, 6.45) is 6.80. The van der Waals surface area contributed by atoms with E-state index in [2.05, 4.69) is 58.5 Å². The number of pyridine rings is 1. The molecule has 2 unspecified atom stereocenters. The van der Waals surface area contributed by atoms with Gasteiger partial charge in [0.15, 0.2) is 5.69 Å². The SMILES string of the molecule is COC(=O)c1nc(-c2ccc([C@]3(c4ccc(OCc5ccccn5)cc4)CC4CCC3C4)cc2)oc1C. The fourth-order valence-electron chi connectivity index (χ4n) is 6.41. The third-order valence-corrected chi connectivity index (χ3v) is 8.15. The Kier molecular flexibility index (Phi) is 6.03. The van der Waals surface area contributed by atoms with Crippen LogP contribution in [0.3, 0.4) is 0 Å². The van der Waals surface area contributed by atoms with Crippen molar-refractivity contribution in [3.05, 3.63) is 101 Å². The monoisotopic (exact) mass is 494 g/mol. The van der Waals surface area contributed by atoms with Gasteiger partial charge in [-0.15, -0.1) is 0 Å². The highest BCUT2D eigenvalue weighted by atomic mass is 16.5. The topological polar surface area (TPSA) is 74.5 Å². The van der Waals surface area contributed by atoms with Crippen LogP contribution in [0, 0.1) is 18.8 Å². The molecule has 0 spiro atoms. The van der Waals surface area contributed by atoms with Crippen LogP contribution in [0.5, 0.6) is 5.75 Å². The van der Waals surface area contributed by atoms with Crippen LogP contribution >= 0.6 is 0 Å². The van der Waals surface area contributed by atoms with Crippen LogP contribution in [0.1, 0.15) is 58.8 Å². The number of esters is 1. The summed E-state index contributed by atoms with van der Waals surface area (Å²) in [5.74, 6) is 2.64. The van der Waals surface area contributed by atoms with E-state index in [0.717, 1.165) is 29.3 Å². The van der Waals surface area contributed by atoms with Crippen LogP contribution in [0.15, 0.2) is 77.3 Å². The zero-order valence-corrected chi connectivity index (χ0v) is 21.1. The van der Waals surface area contributed by atoms with Crippen molar-refractivity contribution < 1.29 is 18.7 Å². The number of methoxy groups -OCH3 is 1. The summed E-state index contributed by atoms with van der Waals surface area (Å²) in [5, 5.41) is 0. The number of oxazole rings is 1. The molecule has 0 aliphatic heterocycles. The summed E-state index contributed by atoms with van der Waals surface area (Å²) in [6.45, 7) is 2.18. The maximum absolute atomic E-state index is 12.0. The molecule has 2 aliphatic rings. The van der Waals surface area contributed by atoms with Gasteiger partial charge in [-0.1, -0.05) is 36.8 Å². The van der Waals surface area contributed by atoms with Gasteiger partial charge in [-0.3, -0.25) is 4.98 Å². The molecule has 2 heterocycles. The van der Waals surface area contributed by atoms with Gasteiger partial charge in [0.05, 0.1) is 12.8 Å². The molecule has 2 saturated carbocycles. The van der Waals surface area contributed by atoms with Crippen molar-refractivity contribution in [2.24, 2.45) is 11.8 Å². The van der Waals surface area contributed by atoms with Crippen molar-refractivity contribution in [1.29, 1.82) is 0 Å². The third-order valence-electron chi connectivity index (χ3n) is 8.15. The molecule has 2 bridgehead atoms. The minimum absolute atomic E-state index is 0.00928. The lowest BCUT2D eigenvalue weighted by atomic mass is 9.64. The molecule has 6 rings (SSSR count). The van der Waals surface area contributed by atoms with Crippen molar-refractivity contribution in [3.63, 3.8) is 0 Å². The Hall–Kier alpha value is -3.93. The Bertz CT molecular complexity index is 1400. The maximum Gasteiger partial charge on any atom is 0.360 e. The van der Waals surface area contributed by atoms with Crippen LogP contribution in [0.2, 0.25) is 0 Å². The number of carbonyl (C=O) groups excluding carboxylic acids is 1. The molecule has 0 N–H and O–H groups in total. The number of benzene rings is 2. The molecule has 0 amide bonds. The quantitative estimate of drug-likeness (QED) is 0.272. The summed E-state index contributed by atoms with van der Waals surface area (Å²) in [4.78, 5) is 20.7. The van der Waals surface area contributed by atoms with Crippen molar-refractivity contribution in [2.75, 3.05) is 7.11 Å². The predicted octanol–water partition coefficient (Wildman–Crippen LogP) is 6.52. The Balaban J connectivity index is 1.28. The first-order valence-corrected chi connectivity index (χ1v) is 12.9. The van der Waals surface area contributed by atoms with Gasteiger partial charge in [0.25, 0.3) is 0 Å². The van der Waals surface area contributed by atoms with Gasteiger partial charge in [0.1, 0.15) is 18.1 Å². The molecule has 0 saturated heterocycles. The van der Waals surface area contributed by atoms with Gasteiger partial charge in [0.2, 0.25) is 5.89 Å². The number of rotatable bonds is 7. The lowest BCUT2D eigenvalue weighted by Gasteiger charge is -2.39. The molecular weight excluding hydrogens is 464 g/mol. The Labute approximate surface area is 216 Å². The largest absolute Gasteiger partial charge is 0.487 e. The van der Waals surface area contributed by atoms with Gasteiger partial charge in [-0.25, -0.2) is 9.78 Å². The normalized spacial score (nSPS) is 22.2. The molecule has 2 aliphatic carbocycles. The molecule has 6 heteroatoms. The smallest absolute Gasteiger partial charge is 0.360 e. The van der Waals surface area contributed by atoms with Crippen LogP contribution < -0.4 is 4.74 Å². The number of fused-ring (bicyclic) bond motifs is 2. The van der Waals surface area contributed by atoms with E-state index in [4.69, 9.17) is 13.9 Å². The van der Waals surface area contributed by atoms with Gasteiger partial charge in [0, 0.05) is 17.2 Å². The molecular formula is C31H30N2O4. The van der Waals surface area contributed by atoms with Crippen molar-refractivity contribution in [2.45, 2.75) is 44.6 Å². The standard InChI is InChI=1S/C31H30N2O4/c1-20-28(30(34)35-2)33-29(37-20)22-7-10-23(11-8-22)31(18-21-6-9-25(31)17-21)24-12-14-27(15-13-24)36-19-26-5-3-4-16-32-26/h3-5,7-8,10-16,21,25H,6,9,17-19H2,1-2H3/t21?,25?,31-/m0/s1. The van der Waals surface area contributed by atoms with Gasteiger partial charge in [-0.2, -0.15) is 0 Å². The number of aryl methyl sites for hydroxylation is 1.